The molecule has 0 spiro atoms. The number of ether oxygens (including phenoxy) is 2. The Balaban J connectivity index is 1.64. The fourth-order valence-corrected chi connectivity index (χ4v) is 3.35. The van der Waals surface area contributed by atoms with E-state index in [1.54, 1.807) is 31.2 Å². The lowest BCUT2D eigenvalue weighted by atomic mass is 10.1. The molecule has 154 valence electrons. The van der Waals surface area contributed by atoms with Gasteiger partial charge in [-0.3, -0.25) is 9.59 Å². The van der Waals surface area contributed by atoms with Crippen LogP contribution in [0.1, 0.15) is 41.3 Å². The van der Waals surface area contributed by atoms with Crippen LogP contribution < -0.4 is 15.4 Å². The number of para-hydroxylation sites is 2. The van der Waals surface area contributed by atoms with Gasteiger partial charge in [0, 0.05) is 13.2 Å². The zero-order valence-electron chi connectivity index (χ0n) is 17.2. The number of rotatable bonds is 7. The van der Waals surface area contributed by atoms with Crippen molar-refractivity contribution in [3.8, 4) is 5.75 Å². The molecule has 0 radical (unpaired) electrons. The van der Waals surface area contributed by atoms with Gasteiger partial charge in [-0.1, -0.05) is 30.3 Å². The number of nitrogens with one attached hydrogen (secondary N) is 2. The van der Waals surface area contributed by atoms with E-state index in [2.05, 4.69) is 10.6 Å². The molecule has 0 aromatic heterocycles. The summed E-state index contributed by atoms with van der Waals surface area (Å²) < 4.78 is 11.4. The average molecular weight is 396 g/mol. The number of hydrogen-bond acceptors (Lipinski definition) is 4. The van der Waals surface area contributed by atoms with Gasteiger partial charge in [0.1, 0.15) is 5.75 Å². The van der Waals surface area contributed by atoms with E-state index in [0.29, 0.717) is 23.5 Å². The second kappa shape index (κ2) is 9.56. The molecule has 1 heterocycles. The number of anilines is 1. The van der Waals surface area contributed by atoms with Gasteiger partial charge in [0.25, 0.3) is 11.8 Å². The molecule has 2 atom stereocenters. The first-order chi connectivity index (χ1) is 14.0. The van der Waals surface area contributed by atoms with Crippen LogP contribution in [0.15, 0.2) is 42.5 Å². The summed E-state index contributed by atoms with van der Waals surface area (Å²) in [6.07, 6.45) is 1.32. The number of amides is 2. The van der Waals surface area contributed by atoms with E-state index in [9.17, 15) is 9.59 Å². The monoisotopic (exact) mass is 396 g/mol. The molecule has 2 aromatic rings. The maximum Gasteiger partial charge on any atom is 0.265 e. The number of benzene rings is 2. The molecule has 6 nitrogen and oxygen atoms in total. The fourth-order valence-electron chi connectivity index (χ4n) is 3.35. The third-order valence-corrected chi connectivity index (χ3v) is 5.02. The molecule has 1 aliphatic heterocycles. The van der Waals surface area contributed by atoms with Crippen LogP contribution in [0.5, 0.6) is 5.75 Å². The Bertz CT molecular complexity index is 855. The number of carbonyl (C=O) groups is 2. The predicted octanol–water partition coefficient (Wildman–Crippen LogP) is 3.62. The van der Waals surface area contributed by atoms with Crippen LogP contribution in [0.3, 0.4) is 0 Å². The first-order valence-corrected chi connectivity index (χ1v) is 9.98. The van der Waals surface area contributed by atoms with Crippen LogP contribution in [0.4, 0.5) is 5.69 Å². The van der Waals surface area contributed by atoms with Gasteiger partial charge >= 0.3 is 0 Å². The van der Waals surface area contributed by atoms with Gasteiger partial charge in [-0.2, -0.15) is 0 Å². The van der Waals surface area contributed by atoms with Crippen molar-refractivity contribution >= 4 is 17.5 Å². The van der Waals surface area contributed by atoms with Crippen LogP contribution in [0.2, 0.25) is 0 Å². The largest absolute Gasteiger partial charge is 0.480 e. The summed E-state index contributed by atoms with van der Waals surface area (Å²) in [5, 5.41) is 5.71. The summed E-state index contributed by atoms with van der Waals surface area (Å²) in [4.78, 5) is 25.3. The van der Waals surface area contributed by atoms with Crippen LogP contribution in [0.25, 0.3) is 0 Å². The van der Waals surface area contributed by atoms with Crippen molar-refractivity contribution in [3.05, 3.63) is 59.2 Å². The van der Waals surface area contributed by atoms with Gasteiger partial charge < -0.3 is 20.1 Å². The maximum absolute atomic E-state index is 12.7. The molecule has 3 rings (SSSR count). The lowest BCUT2D eigenvalue weighted by Gasteiger charge is -2.19. The molecule has 0 bridgehead atoms. The average Bonchev–Trinajstić information content (AvgIpc) is 3.23. The van der Waals surface area contributed by atoms with Crippen LogP contribution in [0, 0.1) is 13.8 Å². The van der Waals surface area contributed by atoms with Crippen LogP contribution in [-0.2, 0) is 9.53 Å². The van der Waals surface area contributed by atoms with Gasteiger partial charge in [-0.15, -0.1) is 0 Å². The summed E-state index contributed by atoms with van der Waals surface area (Å²) >= 11 is 0. The summed E-state index contributed by atoms with van der Waals surface area (Å²) in [6.45, 7) is 6.79. The Hall–Kier alpha value is -2.86. The molecule has 2 aromatic carbocycles. The minimum absolute atomic E-state index is 0.0616. The Labute approximate surface area is 171 Å². The summed E-state index contributed by atoms with van der Waals surface area (Å²) in [7, 11) is 0. The summed E-state index contributed by atoms with van der Waals surface area (Å²) in [6, 6.07) is 12.8. The zero-order valence-corrected chi connectivity index (χ0v) is 17.2. The molecule has 1 saturated heterocycles. The zero-order chi connectivity index (χ0) is 20.8. The Kier molecular flexibility index (Phi) is 6.88. The lowest BCUT2D eigenvalue weighted by molar-refractivity contribution is -0.122. The van der Waals surface area contributed by atoms with E-state index in [1.807, 2.05) is 32.0 Å². The van der Waals surface area contributed by atoms with Gasteiger partial charge in [0.2, 0.25) is 0 Å². The second-order valence-electron chi connectivity index (χ2n) is 7.36. The molecular formula is C23H28N2O4. The highest BCUT2D eigenvalue weighted by molar-refractivity contribution is 6.04. The van der Waals surface area contributed by atoms with E-state index in [-0.39, 0.29) is 17.9 Å². The highest BCUT2D eigenvalue weighted by atomic mass is 16.5. The fraction of sp³-hybridized carbons (Fsp3) is 0.391. The number of aryl methyl sites for hydroxylation is 2. The van der Waals surface area contributed by atoms with Crippen molar-refractivity contribution in [2.75, 3.05) is 18.5 Å². The minimum Gasteiger partial charge on any atom is -0.480 e. The van der Waals surface area contributed by atoms with Crippen molar-refractivity contribution in [1.82, 2.24) is 5.32 Å². The van der Waals surface area contributed by atoms with E-state index in [4.69, 9.17) is 9.47 Å². The maximum atomic E-state index is 12.7. The predicted molar refractivity (Wildman–Crippen MR) is 112 cm³/mol. The highest BCUT2D eigenvalue weighted by Gasteiger charge is 2.21. The molecule has 29 heavy (non-hydrogen) atoms. The Morgan fingerprint density at radius 2 is 1.86 bits per heavy atom. The SMILES string of the molecule is Cc1cccc(C)c1O[C@@H](C)C(=O)Nc1ccccc1C(=O)NC[C@H]1CCCO1. The molecule has 2 N–H and O–H groups in total. The molecule has 1 fully saturated rings. The standard InChI is InChI=1S/C23H28N2O4/c1-15-8-6-9-16(2)21(15)29-17(3)22(26)25-20-12-5-4-11-19(20)23(27)24-14-18-10-7-13-28-18/h4-6,8-9,11-12,17-18H,7,10,13-14H2,1-3H3,(H,24,27)(H,25,26)/t17-,18+/m0/s1. The van der Waals surface area contributed by atoms with Crippen molar-refractivity contribution < 1.29 is 19.1 Å². The Morgan fingerprint density at radius 1 is 1.14 bits per heavy atom. The van der Waals surface area contributed by atoms with E-state index in [1.165, 1.54) is 0 Å². The number of hydrogen-bond donors (Lipinski definition) is 2. The highest BCUT2D eigenvalue weighted by Crippen LogP contribution is 2.24. The molecular weight excluding hydrogens is 368 g/mol. The van der Waals surface area contributed by atoms with Gasteiger partial charge in [-0.25, -0.2) is 0 Å². The topological polar surface area (TPSA) is 76.7 Å². The third kappa shape index (κ3) is 5.35. The van der Waals surface area contributed by atoms with E-state index < -0.39 is 6.10 Å². The van der Waals surface area contributed by atoms with Crippen molar-refractivity contribution in [2.24, 2.45) is 0 Å². The minimum atomic E-state index is -0.710. The van der Waals surface area contributed by atoms with Crippen LogP contribution in [-0.4, -0.2) is 37.2 Å². The summed E-state index contributed by atoms with van der Waals surface area (Å²) in [5.41, 5.74) is 2.81. The normalized spacial score (nSPS) is 16.9. The lowest BCUT2D eigenvalue weighted by Crippen LogP contribution is -2.34. The molecule has 2 amide bonds. The first kappa shape index (κ1) is 20.9. The van der Waals surface area contributed by atoms with Crippen molar-refractivity contribution in [3.63, 3.8) is 0 Å². The van der Waals surface area contributed by atoms with Crippen LogP contribution >= 0.6 is 0 Å². The molecule has 1 aliphatic rings. The Morgan fingerprint density at radius 3 is 2.55 bits per heavy atom. The number of carbonyl (C=O) groups excluding carboxylic acids is 2. The smallest absolute Gasteiger partial charge is 0.265 e. The van der Waals surface area contributed by atoms with Gasteiger partial charge in [0.15, 0.2) is 6.10 Å². The molecule has 0 saturated carbocycles. The third-order valence-electron chi connectivity index (χ3n) is 5.02. The van der Waals surface area contributed by atoms with E-state index in [0.717, 1.165) is 30.6 Å². The van der Waals surface area contributed by atoms with Gasteiger partial charge in [0.05, 0.1) is 17.4 Å². The first-order valence-electron chi connectivity index (χ1n) is 9.98. The van der Waals surface area contributed by atoms with Crippen molar-refractivity contribution in [1.29, 1.82) is 0 Å². The second-order valence-corrected chi connectivity index (χ2v) is 7.36. The molecule has 6 heteroatoms. The summed E-state index contributed by atoms with van der Waals surface area (Å²) in [5.74, 6) is 0.157. The molecule has 0 aliphatic carbocycles. The van der Waals surface area contributed by atoms with Gasteiger partial charge in [-0.05, 0) is 56.9 Å². The molecule has 0 unspecified atom stereocenters. The quantitative estimate of drug-likeness (QED) is 0.749. The van der Waals surface area contributed by atoms with Crippen molar-refractivity contribution in [2.45, 2.75) is 45.8 Å². The van der Waals surface area contributed by atoms with E-state index >= 15 is 0 Å².